The molecule has 3 N–H and O–H groups in total. The molecule has 1 aliphatic carbocycles. The molecule has 1 heterocycles. The van der Waals surface area contributed by atoms with E-state index < -0.39 is 0 Å². The Labute approximate surface area is 97.2 Å². The van der Waals surface area contributed by atoms with E-state index in [2.05, 4.69) is 38.2 Å². The van der Waals surface area contributed by atoms with Gasteiger partial charge in [0, 0.05) is 18.8 Å². The summed E-state index contributed by atoms with van der Waals surface area (Å²) in [6.07, 6.45) is 3.93. The minimum Gasteiger partial charge on any atom is -0.275 e. The Morgan fingerprint density at radius 3 is 2.25 bits per heavy atom. The molecule has 1 aliphatic rings. The van der Waals surface area contributed by atoms with Gasteiger partial charge in [0.1, 0.15) is 0 Å². The molecule has 0 radical (unpaired) electrons. The van der Waals surface area contributed by atoms with E-state index in [0.29, 0.717) is 16.7 Å². The first-order chi connectivity index (χ1) is 7.32. The van der Waals surface area contributed by atoms with Crippen LogP contribution in [-0.2, 0) is 7.05 Å². The molecule has 1 aromatic rings. The molecule has 1 atom stereocenters. The summed E-state index contributed by atoms with van der Waals surface area (Å²) in [5, 5.41) is 4.21. The fourth-order valence-electron chi connectivity index (χ4n) is 3.07. The van der Waals surface area contributed by atoms with Crippen molar-refractivity contribution in [1.29, 1.82) is 0 Å². The summed E-state index contributed by atoms with van der Waals surface area (Å²) in [6, 6.07) is 0.193. The number of nitrogens with two attached hydrogens (primary N) is 1. The number of aromatic nitrogens is 2. The maximum atomic E-state index is 5.71. The zero-order chi connectivity index (χ0) is 12.1. The molecule has 1 unspecified atom stereocenters. The van der Waals surface area contributed by atoms with Crippen LogP contribution in [0.4, 0.5) is 0 Å². The van der Waals surface area contributed by atoms with Gasteiger partial charge >= 0.3 is 0 Å². The highest BCUT2D eigenvalue weighted by Gasteiger charge is 2.67. The van der Waals surface area contributed by atoms with Crippen molar-refractivity contribution < 1.29 is 0 Å². The lowest BCUT2D eigenvalue weighted by atomic mass is 10.00. The van der Waals surface area contributed by atoms with Crippen LogP contribution in [0.1, 0.15) is 39.3 Å². The third-order valence-electron chi connectivity index (χ3n) is 4.73. The third-order valence-corrected chi connectivity index (χ3v) is 4.73. The zero-order valence-electron chi connectivity index (χ0n) is 10.8. The van der Waals surface area contributed by atoms with Gasteiger partial charge in [-0.1, -0.05) is 27.7 Å². The number of nitrogens with one attached hydrogen (secondary N) is 1. The van der Waals surface area contributed by atoms with E-state index in [1.165, 1.54) is 5.56 Å². The lowest BCUT2D eigenvalue weighted by molar-refractivity contribution is 0.417. The minimum atomic E-state index is 0.193. The lowest BCUT2D eigenvalue weighted by Crippen LogP contribution is -2.31. The largest absolute Gasteiger partial charge is 0.275 e. The van der Waals surface area contributed by atoms with Gasteiger partial charge in [0.15, 0.2) is 0 Å². The number of rotatable bonds is 3. The highest BCUT2D eigenvalue weighted by atomic mass is 15.3. The third kappa shape index (κ3) is 1.40. The first-order valence-electron chi connectivity index (χ1n) is 5.77. The predicted molar refractivity (Wildman–Crippen MR) is 64.3 cm³/mol. The summed E-state index contributed by atoms with van der Waals surface area (Å²) in [4.78, 5) is 0. The van der Waals surface area contributed by atoms with E-state index in [4.69, 9.17) is 5.84 Å². The molecule has 1 fully saturated rings. The molecule has 90 valence electrons. The molecule has 4 heteroatoms. The van der Waals surface area contributed by atoms with E-state index in [9.17, 15) is 0 Å². The molecular formula is C12H22N4. The summed E-state index contributed by atoms with van der Waals surface area (Å²) in [5.74, 6) is 6.26. The van der Waals surface area contributed by atoms with E-state index in [-0.39, 0.29) is 6.04 Å². The summed E-state index contributed by atoms with van der Waals surface area (Å²) < 4.78 is 1.82. The van der Waals surface area contributed by atoms with Gasteiger partial charge in [-0.3, -0.25) is 16.0 Å². The van der Waals surface area contributed by atoms with Gasteiger partial charge in [-0.25, -0.2) is 0 Å². The Bertz CT molecular complexity index is 377. The van der Waals surface area contributed by atoms with Gasteiger partial charge in [-0.2, -0.15) is 5.10 Å². The normalized spacial score (nSPS) is 24.4. The van der Waals surface area contributed by atoms with E-state index in [1.807, 2.05) is 24.1 Å². The second-order valence-corrected chi connectivity index (χ2v) is 6.01. The van der Waals surface area contributed by atoms with Crippen LogP contribution in [0.15, 0.2) is 12.4 Å². The number of hydrazine groups is 1. The van der Waals surface area contributed by atoms with Crippen molar-refractivity contribution in [3.63, 3.8) is 0 Å². The molecule has 0 saturated heterocycles. The van der Waals surface area contributed by atoms with Crippen LogP contribution >= 0.6 is 0 Å². The van der Waals surface area contributed by atoms with Crippen molar-refractivity contribution in [2.24, 2.45) is 29.6 Å². The van der Waals surface area contributed by atoms with E-state index in [1.54, 1.807) is 0 Å². The number of nitrogens with zero attached hydrogens (tertiary/aromatic N) is 2. The maximum Gasteiger partial charge on any atom is 0.0538 e. The summed E-state index contributed by atoms with van der Waals surface area (Å²) >= 11 is 0. The topological polar surface area (TPSA) is 55.9 Å². The van der Waals surface area contributed by atoms with Gasteiger partial charge in [-0.15, -0.1) is 0 Å². The van der Waals surface area contributed by atoms with Crippen LogP contribution in [-0.4, -0.2) is 9.78 Å². The average Bonchev–Trinajstić information content (AvgIpc) is 2.55. The summed E-state index contributed by atoms with van der Waals surface area (Å²) in [7, 11) is 1.93. The van der Waals surface area contributed by atoms with E-state index >= 15 is 0 Å². The van der Waals surface area contributed by atoms with E-state index in [0.717, 1.165) is 0 Å². The van der Waals surface area contributed by atoms with Crippen LogP contribution in [0.5, 0.6) is 0 Å². The van der Waals surface area contributed by atoms with Crippen molar-refractivity contribution >= 4 is 0 Å². The lowest BCUT2D eigenvalue weighted by Gasteiger charge is -2.16. The molecule has 0 bridgehead atoms. The van der Waals surface area contributed by atoms with Gasteiger partial charge in [0.25, 0.3) is 0 Å². The quantitative estimate of drug-likeness (QED) is 0.603. The average molecular weight is 222 g/mol. The molecule has 2 rings (SSSR count). The number of aryl methyl sites for hydroxylation is 1. The molecule has 16 heavy (non-hydrogen) atoms. The molecule has 1 saturated carbocycles. The van der Waals surface area contributed by atoms with Crippen molar-refractivity contribution in [2.75, 3.05) is 0 Å². The molecule has 0 aliphatic heterocycles. The summed E-state index contributed by atoms with van der Waals surface area (Å²) in [6.45, 7) is 9.22. The molecule has 0 amide bonds. The SMILES string of the molecule is Cn1cc(C(NN)C2C(C)(C)C2(C)C)cn1. The molecule has 0 aromatic carbocycles. The Morgan fingerprint density at radius 2 is 1.94 bits per heavy atom. The Morgan fingerprint density at radius 1 is 1.38 bits per heavy atom. The molecule has 1 aromatic heterocycles. The molecule has 0 spiro atoms. The first kappa shape index (κ1) is 11.6. The van der Waals surface area contributed by atoms with Crippen LogP contribution in [0.2, 0.25) is 0 Å². The van der Waals surface area contributed by atoms with Crippen molar-refractivity contribution in [2.45, 2.75) is 33.7 Å². The Balaban J connectivity index is 2.26. The monoisotopic (exact) mass is 222 g/mol. The second-order valence-electron chi connectivity index (χ2n) is 6.01. The number of hydrogen-bond acceptors (Lipinski definition) is 3. The summed E-state index contributed by atoms with van der Waals surface area (Å²) in [5.41, 5.74) is 4.76. The van der Waals surface area contributed by atoms with Gasteiger partial charge in [-0.05, 0) is 16.7 Å². The Hall–Kier alpha value is -0.870. The van der Waals surface area contributed by atoms with Crippen LogP contribution in [0.3, 0.4) is 0 Å². The zero-order valence-corrected chi connectivity index (χ0v) is 10.8. The van der Waals surface area contributed by atoms with Crippen LogP contribution in [0.25, 0.3) is 0 Å². The maximum absolute atomic E-state index is 5.71. The Kier molecular flexibility index (Phi) is 2.40. The smallest absolute Gasteiger partial charge is 0.0538 e. The van der Waals surface area contributed by atoms with Crippen molar-refractivity contribution in [3.8, 4) is 0 Å². The number of hydrogen-bond donors (Lipinski definition) is 2. The highest BCUT2D eigenvalue weighted by molar-refractivity contribution is 5.23. The van der Waals surface area contributed by atoms with Crippen molar-refractivity contribution in [1.82, 2.24) is 15.2 Å². The highest BCUT2D eigenvalue weighted by Crippen LogP contribution is 2.72. The second kappa shape index (κ2) is 3.31. The predicted octanol–water partition coefficient (Wildman–Crippen LogP) is 1.61. The molecular weight excluding hydrogens is 200 g/mol. The standard InChI is InChI=1S/C12H22N4/c1-11(2)10(12(11,3)4)9(15-13)8-6-14-16(5)7-8/h6-7,9-10,15H,13H2,1-5H3. The molecule has 4 nitrogen and oxygen atoms in total. The fourth-order valence-corrected chi connectivity index (χ4v) is 3.07. The van der Waals surface area contributed by atoms with Crippen molar-refractivity contribution in [3.05, 3.63) is 18.0 Å². The fraction of sp³-hybridized carbons (Fsp3) is 0.750. The van der Waals surface area contributed by atoms with Crippen LogP contribution < -0.4 is 11.3 Å². The minimum absolute atomic E-state index is 0.193. The van der Waals surface area contributed by atoms with Gasteiger partial charge in [0.2, 0.25) is 0 Å². The van der Waals surface area contributed by atoms with Gasteiger partial charge in [0.05, 0.1) is 12.2 Å². The van der Waals surface area contributed by atoms with Crippen LogP contribution in [0, 0.1) is 16.7 Å². The van der Waals surface area contributed by atoms with Gasteiger partial charge < -0.3 is 0 Å². The first-order valence-corrected chi connectivity index (χ1v) is 5.77.